The zero-order chi connectivity index (χ0) is 9.07. The number of hydrogen-bond donors (Lipinski definition) is 0. The van der Waals surface area contributed by atoms with Crippen LogP contribution in [0.2, 0.25) is 0 Å². The highest BCUT2D eigenvalue weighted by molar-refractivity contribution is 5.78. The average molecular weight is 157 g/mol. The molecule has 0 aliphatic carbocycles. The lowest BCUT2D eigenvalue weighted by Gasteiger charge is -2.14. The minimum absolute atomic E-state index is 0.214. The second-order valence-corrected chi connectivity index (χ2v) is 3.59. The first-order chi connectivity index (χ1) is 5.01. The lowest BCUT2D eigenvalue weighted by molar-refractivity contribution is -0.126. The van der Waals surface area contributed by atoms with Crippen LogP contribution < -0.4 is 0 Å². The van der Waals surface area contributed by atoms with Crippen LogP contribution >= 0.6 is 0 Å². The second kappa shape index (κ2) is 3.74. The summed E-state index contributed by atoms with van der Waals surface area (Å²) in [4.78, 5) is 12.7. The van der Waals surface area contributed by atoms with Crippen molar-refractivity contribution in [3.8, 4) is 0 Å². The minimum Gasteiger partial charge on any atom is -0.345 e. The molecule has 1 rings (SSSR count). The van der Waals surface area contributed by atoms with E-state index in [2.05, 4.69) is 13.8 Å². The van der Waals surface area contributed by atoms with Gasteiger partial charge < -0.3 is 4.90 Å². The smallest absolute Gasteiger partial charge is 0.222 e. The fourth-order valence-electron chi connectivity index (χ4n) is 1.33. The van der Waals surface area contributed by atoms with Crippen molar-refractivity contribution in [2.45, 2.75) is 34.1 Å². The molecule has 0 saturated carbocycles. The number of amides is 1. The van der Waals surface area contributed by atoms with E-state index < -0.39 is 0 Å². The maximum absolute atomic E-state index is 10.9. The van der Waals surface area contributed by atoms with E-state index in [1.165, 1.54) is 0 Å². The molecule has 0 aromatic heterocycles. The summed E-state index contributed by atoms with van der Waals surface area (Å²) in [5.41, 5.74) is 0.214. The van der Waals surface area contributed by atoms with Crippen molar-refractivity contribution in [3.63, 3.8) is 0 Å². The molecular formula is C9H19NO. The largest absolute Gasteiger partial charge is 0.345 e. The summed E-state index contributed by atoms with van der Waals surface area (Å²) in [6, 6.07) is 0. The number of nitrogens with zero attached hydrogens (tertiary/aromatic N) is 1. The van der Waals surface area contributed by atoms with Gasteiger partial charge in [-0.1, -0.05) is 27.7 Å². The van der Waals surface area contributed by atoms with Crippen molar-refractivity contribution in [1.29, 1.82) is 0 Å². The average Bonchev–Trinajstić information content (AvgIpc) is 2.10. The van der Waals surface area contributed by atoms with Gasteiger partial charge in [0, 0.05) is 20.0 Å². The summed E-state index contributed by atoms with van der Waals surface area (Å²) in [6.07, 6.45) is 0.712. The Balaban J connectivity index is 0.000000461. The van der Waals surface area contributed by atoms with Crippen molar-refractivity contribution in [3.05, 3.63) is 0 Å². The first-order valence-electron chi connectivity index (χ1n) is 4.25. The highest BCUT2D eigenvalue weighted by atomic mass is 16.2. The lowest BCUT2D eigenvalue weighted by atomic mass is 9.93. The standard InChI is InChI=1S/C7H13NO.C2H6/c1-7(2)4-6(9)8(3)5-7;1-2/h4-5H2,1-3H3;1-2H3. The molecule has 2 nitrogen and oxygen atoms in total. The molecule has 0 unspecified atom stereocenters. The van der Waals surface area contributed by atoms with Crippen LogP contribution in [0.25, 0.3) is 0 Å². The van der Waals surface area contributed by atoms with Gasteiger partial charge in [0.25, 0.3) is 0 Å². The summed E-state index contributed by atoms with van der Waals surface area (Å²) in [6.45, 7) is 9.15. The third kappa shape index (κ3) is 2.91. The molecule has 0 N–H and O–H groups in total. The van der Waals surface area contributed by atoms with Gasteiger partial charge in [-0.05, 0) is 5.41 Å². The SMILES string of the molecule is CC.CN1CC(C)(C)CC1=O. The lowest BCUT2D eigenvalue weighted by Crippen LogP contribution is -2.20. The van der Waals surface area contributed by atoms with Crippen molar-refractivity contribution in [1.82, 2.24) is 4.90 Å². The molecular weight excluding hydrogens is 138 g/mol. The zero-order valence-electron chi connectivity index (χ0n) is 8.27. The Morgan fingerprint density at radius 1 is 1.36 bits per heavy atom. The highest BCUT2D eigenvalue weighted by Gasteiger charge is 2.32. The fraction of sp³-hybridized carbons (Fsp3) is 0.889. The minimum atomic E-state index is 0.214. The van der Waals surface area contributed by atoms with Gasteiger partial charge in [-0.25, -0.2) is 0 Å². The molecule has 2 heteroatoms. The Labute approximate surface area is 69.6 Å². The molecule has 1 aliphatic heterocycles. The van der Waals surface area contributed by atoms with E-state index in [0.717, 1.165) is 6.54 Å². The molecule has 11 heavy (non-hydrogen) atoms. The number of rotatable bonds is 0. The van der Waals surface area contributed by atoms with Crippen LogP contribution in [-0.4, -0.2) is 24.4 Å². The third-order valence-corrected chi connectivity index (χ3v) is 1.72. The van der Waals surface area contributed by atoms with Crippen molar-refractivity contribution in [2.75, 3.05) is 13.6 Å². The predicted octanol–water partition coefficient (Wildman–Crippen LogP) is 1.90. The molecule has 0 radical (unpaired) electrons. The van der Waals surface area contributed by atoms with Crippen LogP contribution in [0.5, 0.6) is 0 Å². The summed E-state index contributed by atoms with van der Waals surface area (Å²) in [7, 11) is 1.86. The number of carbonyl (C=O) groups is 1. The summed E-state index contributed by atoms with van der Waals surface area (Å²) in [5.74, 6) is 0.278. The van der Waals surface area contributed by atoms with Crippen LogP contribution in [-0.2, 0) is 4.79 Å². The molecule has 66 valence electrons. The van der Waals surface area contributed by atoms with Crippen molar-refractivity contribution >= 4 is 5.91 Å². The fourth-order valence-corrected chi connectivity index (χ4v) is 1.33. The van der Waals surface area contributed by atoms with E-state index >= 15 is 0 Å². The van der Waals surface area contributed by atoms with Crippen LogP contribution in [0.1, 0.15) is 34.1 Å². The van der Waals surface area contributed by atoms with E-state index in [0.29, 0.717) is 6.42 Å². The summed E-state index contributed by atoms with van der Waals surface area (Å²) >= 11 is 0. The monoisotopic (exact) mass is 157 g/mol. The van der Waals surface area contributed by atoms with Gasteiger partial charge in [-0.15, -0.1) is 0 Å². The van der Waals surface area contributed by atoms with Gasteiger partial charge in [0.2, 0.25) is 5.91 Å². The van der Waals surface area contributed by atoms with Crippen LogP contribution in [0, 0.1) is 5.41 Å². The third-order valence-electron chi connectivity index (χ3n) is 1.72. The number of carbonyl (C=O) groups excluding carboxylic acids is 1. The van der Waals surface area contributed by atoms with Crippen LogP contribution in [0.4, 0.5) is 0 Å². The molecule has 1 fully saturated rings. The topological polar surface area (TPSA) is 20.3 Å². The van der Waals surface area contributed by atoms with E-state index in [9.17, 15) is 4.79 Å². The van der Waals surface area contributed by atoms with Crippen molar-refractivity contribution < 1.29 is 4.79 Å². The normalized spacial score (nSPS) is 21.2. The van der Waals surface area contributed by atoms with Gasteiger partial charge in [-0.2, -0.15) is 0 Å². The Morgan fingerprint density at radius 3 is 1.91 bits per heavy atom. The maximum Gasteiger partial charge on any atom is 0.222 e. The summed E-state index contributed by atoms with van der Waals surface area (Å²) < 4.78 is 0. The molecule has 0 aromatic rings. The molecule has 0 aromatic carbocycles. The van der Waals surface area contributed by atoms with Gasteiger partial charge >= 0.3 is 0 Å². The molecule has 0 bridgehead atoms. The van der Waals surface area contributed by atoms with Gasteiger partial charge in [-0.3, -0.25) is 4.79 Å². The first kappa shape index (κ1) is 10.5. The van der Waals surface area contributed by atoms with E-state index in [-0.39, 0.29) is 11.3 Å². The molecule has 1 saturated heterocycles. The van der Waals surface area contributed by atoms with Gasteiger partial charge in [0.15, 0.2) is 0 Å². The van der Waals surface area contributed by atoms with Crippen LogP contribution in [0.15, 0.2) is 0 Å². The zero-order valence-corrected chi connectivity index (χ0v) is 8.27. The van der Waals surface area contributed by atoms with Crippen LogP contribution in [0.3, 0.4) is 0 Å². The Morgan fingerprint density at radius 2 is 1.82 bits per heavy atom. The molecule has 0 atom stereocenters. The Hall–Kier alpha value is -0.530. The molecule has 1 aliphatic rings. The highest BCUT2D eigenvalue weighted by Crippen LogP contribution is 2.28. The molecule has 0 spiro atoms. The Bertz CT molecular complexity index is 140. The molecule has 1 amide bonds. The van der Waals surface area contributed by atoms with Gasteiger partial charge in [0.05, 0.1) is 0 Å². The quantitative estimate of drug-likeness (QED) is 0.526. The second-order valence-electron chi connectivity index (χ2n) is 3.59. The predicted molar refractivity (Wildman–Crippen MR) is 47.4 cm³/mol. The summed E-state index contributed by atoms with van der Waals surface area (Å²) in [5, 5.41) is 0. The molecule has 1 heterocycles. The van der Waals surface area contributed by atoms with E-state index in [1.807, 2.05) is 20.9 Å². The maximum atomic E-state index is 10.9. The van der Waals surface area contributed by atoms with Crippen molar-refractivity contribution in [2.24, 2.45) is 5.41 Å². The van der Waals surface area contributed by atoms with Gasteiger partial charge in [0.1, 0.15) is 0 Å². The number of likely N-dealkylation sites (tertiary alicyclic amines) is 1. The number of hydrogen-bond acceptors (Lipinski definition) is 1. The first-order valence-corrected chi connectivity index (χ1v) is 4.25. The Kier molecular flexibility index (Phi) is 3.56. The van der Waals surface area contributed by atoms with E-state index in [1.54, 1.807) is 4.90 Å². The van der Waals surface area contributed by atoms with E-state index in [4.69, 9.17) is 0 Å².